The lowest BCUT2D eigenvalue weighted by Gasteiger charge is -2.32. The van der Waals surface area contributed by atoms with E-state index in [0.29, 0.717) is 28.8 Å². The Morgan fingerprint density at radius 1 is 1.41 bits per heavy atom. The molecule has 2 aromatic rings. The van der Waals surface area contributed by atoms with Gasteiger partial charge in [0.05, 0.1) is 11.7 Å². The molecule has 22 heavy (non-hydrogen) atoms. The molecule has 0 aromatic carbocycles. The summed E-state index contributed by atoms with van der Waals surface area (Å²) in [6.07, 6.45) is 5.22. The highest BCUT2D eigenvalue weighted by Crippen LogP contribution is 2.19. The molecule has 1 fully saturated rings. The van der Waals surface area contributed by atoms with Gasteiger partial charge >= 0.3 is 0 Å². The van der Waals surface area contributed by atoms with E-state index >= 15 is 0 Å². The molecule has 3 rings (SSSR count). The highest BCUT2D eigenvalue weighted by molar-refractivity contribution is 7.11. The maximum atomic E-state index is 12.3. The van der Waals surface area contributed by atoms with Crippen molar-refractivity contribution >= 4 is 34.7 Å². The first-order chi connectivity index (χ1) is 10.7. The smallest absolute Gasteiger partial charge is 0.265 e. The van der Waals surface area contributed by atoms with Gasteiger partial charge in [0, 0.05) is 25.8 Å². The van der Waals surface area contributed by atoms with Crippen LogP contribution in [0.4, 0.5) is 0 Å². The molecule has 116 valence electrons. The summed E-state index contributed by atoms with van der Waals surface area (Å²) in [5, 5.41) is 2.93. The van der Waals surface area contributed by atoms with Crippen molar-refractivity contribution in [2.75, 3.05) is 19.6 Å². The minimum atomic E-state index is -0.0894. The number of nitrogens with zero attached hydrogens (tertiary/aromatic N) is 3. The summed E-state index contributed by atoms with van der Waals surface area (Å²) in [7, 11) is 0. The Balaban J connectivity index is 1.52. The summed E-state index contributed by atoms with van der Waals surface area (Å²) >= 11 is 2.55. The van der Waals surface area contributed by atoms with E-state index in [9.17, 15) is 9.59 Å². The summed E-state index contributed by atoms with van der Waals surface area (Å²) in [4.78, 5) is 31.4. The second kappa shape index (κ2) is 6.97. The van der Waals surface area contributed by atoms with Crippen LogP contribution in [0.1, 0.15) is 32.2 Å². The van der Waals surface area contributed by atoms with Crippen LogP contribution in [-0.4, -0.2) is 45.7 Å². The minimum Gasteiger partial charge on any atom is -0.351 e. The third kappa shape index (κ3) is 3.50. The van der Waals surface area contributed by atoms with Gasteiger partial charge in [-0.25, -0.2) is 4.37 Å². The lowest BCUT2D eigenvalue weighted by molar-refractivity contribution is 0.0675. The van der Waals surface area contributed by atoms with Gasteiger partial charge in [0.15, 0.2) is 0 Å². The number of hydrogen-bond acceptors (Lipinski definition) is 6. The van der Waals surface area contributed by atoms with Crippen molar-refractivity contribution in [3.8, 4) is 0 Å². The first-order valence-electron chi connectivity index (χ1n) is 7.10. The first kappa shape index (κ1) is 15.1. The van der Waals surface area contributed by atoms with Crippen LogP contribution in [0, 0.1) is 5.92 Å². The Labute approximate surface area is 136 Å². The van der Waals surface area contributed by atoms with E-state index in [1.54, 1.807) is 24.0 Å². The number of hydrogen-bond donors (Lipinski definition) is 1. The molecule has 1 atom stereocenters. The fourth-order valence-corrected chi connectivity index (χ4v) is 3.65. The Morgan fingerprint density at radius 3 is 3.05 bits per heavy atom. The Hall–Kier alpha value is -1.80. The van der Waals surface area contributed by atoms with Crippen molar-refractivity contribution in [1.82, 2.24) is 19.6 Å². The van der Waals surface area contributed by atoms with Gasteiger partial charge in [0.1, 0.15) is 9.75 Å². The zero-order chi connectivity index (χ0) is 15.4. The largest absolute Gasteiger partial charge is 0.351 e. The molecule has 0 radical (unpaired) electrons. The number of amides is 2. The molecule has 6 nitrogen and oxygen atoms in total. The molecule has 1 aliphatic heterocycles. The molecule has 1 unspecified atom stereocenters. The molecule has 0 bridgehead atoms. The van der Waals surface area contributed by atoms with Crippen LogP contribution < -0.4 is 5.32 Å². The molecule has 0 saturated carbocycles. The number of thiazole rings is 1. The van der Waals surface area contributed by atoms with Crippen LogP contribution in [0.2, 0.25) is 0 Å². The number of aromatic nitrogens is 2. The fraction of sp³-hybridized carbons (Fsp3) is 0.429. The molecule has 1 N–H and O–H groups in total. The lowest BCUT2D eigenvalue weighted by atomic mass is 9.98. The van der Waals surface area contributed by atoms with Crippen molar-refractivity contribution < 1.29 is 9.59 Å². The molecule has 8 heteroatoms. The standard InChI is InChI=1S/C14H16N4O2S2/c19-13(11-3-4-17-22-11)16-6-10-2-1-5-18(8-10)14(20)12-7-15-9-21-12/h3-4,7,9-10H,1-2,5-6,8H2,(H,16,19). The minimum absolute atomic E-state index is 0.0426. The van der Waals surface area contributed by atoms with Gasteiger partial charge < -0.3 is 10.2 Å². The van der Waals surface area contributed by atoms with E-state index in [-0.39, 0.29) is 11.8 Å². The van der Waals surface area contributed by atoms with E-state index in [1.165, 1.54) is 22.9 Å². The van der Waals surface area contributed by atoms with Crippen molar-refractivity contribution in [1.29, 1.82) is 0 Å². The lowest BCUT2D eigenvalue weighted by Crippen LogP contribution is -2.43. The quantitative estimate of drug-likeness (QED) is 0.925. The predicted molar refractivity (Wildman–Crippen MR) is 85.2 cm³/mol. The number of carbonyl (C=O) groups is 2. The van der Waals surface area contributed by atoms with Crippen LogP contribution in [0.25, 0.3) is 0 Å². The highest BCUT2D eigenvalue weighted by atomic mass is 32.1. The highest BCUT2D eigenvalue weighted by Gasteiger charge is 2.25. The van der Waals surface area contributed by atoms with E-state index in [2.05, 4.69) is 14.7 Å². The van der Waals surface area contributed by atoms with Gasteiger partial charge in [-0.3, -0.25) is 14.6 Å². The molecular formula is C14H16N4O2S2. The summed E-state index contributed by atoms with van der Waals surface area (Å²) in [6, 6.07) is 1.71. The van der Waals surface area contributed by atoms with Gasteiger partial charge in [0.25, 0.3) is 11.8 Å². The van der Waals surface area contributed by atoms with E-state index in [0.717, 1.165) is 19.4 Å². The van der Waals surface area contributed by atoms with Crippen LogP contribution in [0.15, 0.2) is 24.0 Å². The van der Waals surface area contributed by atoms with E-state index in [1.807, 2.05) is 4.90 Å². The van der Waals surface area contributed by atoms with E-state index in [4.69, 9.17) is 0 Å². The van der Waals surface area contributed by atoms with Gasteiger partial charge in [-0.05, 0) is 36.4 Å². The summed E-state index contributed by atoms with van der Waals surface area (Å²) < 4.78 is 3.92. The number of piperidine rings is 1. The maximum Gasteiger partial charge on any atom is 0.265 e. The normalized spacial score (nSPS) is 18.2. The van der Waals surface area contributed by atoms with Gasteiger partial charge in [0.2, 0.25) is 0 Å². The van der Waals surface area contributed by atoms with Crippen molar-refractivity contribution in [3.63, 3.8) is 0 Å². The summed E-state index contributed by atoms with van der Waals surface area (Å²) in [6.45, 7) is 2.04. The summed E-state index contributed by atoms with van der Waals surface area (Å²) in [5.41, 5.74) is 1.67. The van der Waals surface area contributed by atoms with Crippen molar-refractivity contribution in [2.24, 2.45) is 5.92 Å². The Morgan fingerprint density at radius 2 is 2.32 bits per heavy atom. The van der Waals surface area contributed by atoms with Gasteiger partial charge in [-0.2, -0.15) is 0 Å². The Bertz CT molecular complexity index is 627. The maximum absolute atomic E-state index is 12.3. The van der Waals surface area contributed by atoms with Gasteiger partial charge in [-0.15, -0.1) is 11.3 Å². The third-order valence-corrected chi connectivity index (χ3v) is 5.17. The molecule has 1 aliphatic rings. The third-order valence-electron chi connectivity index (χ3n) is 3.66. The average molecular weight is 336 g/mol. The number of likely N-dealkylation sites (tertiary alicyclic amines) is 1. The summed E-state index contributed by atoms with van der Waals surface area (Å²) in [5.74, 6) is 0.247. The van der Waals surface area contributed by atoms with E-state index < -0.39 is 0 Å². The van der Waals surface area contributed by atoms with Crippen LogP contribution in [-0.2, 0) is 0 Å². The van der Waals surface area contributed by atoms with Crippen LogP contribution in [0.5, 0.6) is 0 Å². The molecule has 2 amide bonds. The molecule has 1 saturated heterocycles. The first-order valence-corrected chi connectivity index (χ1v) is 8.76. The zero-order valence-electron chi connectivity index (χ0n) is 11.9. The fourth-order valence-electron chi connectivity index (χ4n) is 2.55. The number of carbonyl (C=O) groups excluding carboxylic acids is 2. The predicted octanol–water partition coefficient (Wildman–Crippen LogP) is 1.88. The number of nitrogens with one attached hydrogen (secondary N) is 1. The van der Waals surface area contributed by atoms with Gasteiger partial charge in [-0.1, -0.05) is 0 Å². The zero-order valence-corrected chi connectivity index (χ0v) is 13.5. The average Bonchev–Trinajstić information content (AvgIpc) is 3.25. The molecule has 0 spiro atoms. The van der Waals surface area contributed by atoms with Crippen LogP contribution in [0.3, 0.4) is 0 Å². The van der Waals surface area contributed by atoms with Crippen molar-refractivity contribution in [2.45, 2.75) is 12.8 Å². The molecule has 0 aliphatic carbocycles. The topological polar surface area (TPSA) is 75.2 Å². The molecule has 2 aromatic heterocycles. The SMILES string of the molecule is O=C(NCC1CCCN(C(=O)c2cncs2)C1)c1ccns1. The second-order valence-corrected chi connectivity index (χ2v) is 6.93. The van der Waals surface area contributed by atoms with Crippen LogP contribution >= 0.6 is 22.9 Å². The monoisotopic (exact) mass is 336 g/mol. The Kier molecular flexibility index (Phi) is 4.79. The molecular weight excluding hydrogens is 320 g/mol. The second-order valence-electron chi connectivity index (χ2n) is 5.21. The van der Waals surface area contributed by atoms with Crippen molar-refractivity contribution in [3.05, 3.63) is 33.7 Å². The number of rotatable bonds is 4. The molecule has 3 heterocycles.